The van der Waals surface area contributed by atoms with Gasteiger partial charge in [-0.3, -0.25) is 4.79 Å². The maximum absolute atomic E-state index is 11.8. The van der Waals surface area contributed by atoms with Crippen LogP contribution in [0, 0.1) is 0 Å². The fourth-order valence-corrected chi connectivity index (χ4v) is 2.14. The first-order chi connectivity index (χ1) is 8.97. The van der Waals surface area contributed by atoms with Crippen molar-refractivity contribution in [3.63, 3.8) is 0 Å². The number of hydrogen-bond acceptors (Lipinski definition) is 3. The smallest absolute Gasteiger partial charge is 0.239 e. The number of likely N-dealkylation sites (N-methyl/N-ethyl adjacent to an activating group) is 1. The average molecular weight is 285 g/mol. The number of halogens is 1. The molecule has 1 amide bonds. The van der Waals surface area contributed by atoms with Crippen molar-refractivity contribution in [1.82, 2.24) is 5.32 Å². The number of rotatable bonds is 6. The molecule has 106 valence electrons. The van der Waals surface area contributed by atoms with Crippen LogP contribution in [0.3, 0.4) is 0 Å². The second kappa shape index (κ2) is 7.36. The molecular weight excluding hydrogens is 264 g/mol. The van der Waals surface area contributed by atoms with Crippen molar-refractivity contribution in [3.8, 4) is 0 Å². The van der Waals surface area contributed by atoms with E-state index in [1.54, 1.807) is 6.07 Å². The summed E-state index contributed by atoms with van der Waals surface area (Å²) in [6.45, 7) is 6.74. The number of nitrogens with one attached hydrogen (secondary N) is 1. The molecule has 1 aromatic carbocycles. The van der Waals surface area contributed by atoms with Crippen molar-refractivity contribution in [3.05, 3.63) is 28.8 Å². The molecule has 1 aromatic rings. The second-order valence-electron chi connectivity index (χ2n) is 4.68. The summed E-state index contributed by atoms with van der Waals surface area (Å²) < 4.78 is 0. The average Bonchev–Trinajstić information content (AvgIpc) is 2.35. The molecule has 0 saturated carbocycles. The van der Waals surface area contributed by atoms with Crippen LogP contribution in [-0.2, 0) is 11.4 Å². The Morgan fingerprint density at radius 3 is 2.63 bits per heavy atom. The quantitative estimate of drug-likeness (QED) is 0.842. The van der Waals surface area contributed by atoms with Crippen molar-refractivity contribution in [2.75, 3.05) is 18.0 Å². The molecule has 5 heteroatoms. The standard InChI is InChI=1S/C14H21ClN2O2/c1-4-17(8-14(19)16-10(2)3)13-6-5-11(9-18)7-12(13)15/h5-7,10,18H,4,8-9H2,1-3H3,(H,16,19). The monoisotopic (exact) mass is 284 g/mol. The van der Waals surface area contributed by atoms with E-state index in [4.69, 9.17) is 16.7 Å². The first-order valence-electron chi connectivity index (χ1n) is 6.41. The number of carbonyl (C=O) groups is 1. The maximum atomic E-state index is 11.8. The van der Waals surface area contributed by atoms with Crippen LogP contribution in [0.2, 0.25) is 5.02 Å². The van der Waals surface area contributed by atoms with Crippen LogP contribution in [0.4, 0.5) is 5.69 Å². The lowest BCUT2D eigenvalue weighted by Crippen LogP contribution is -2.40. The lowest BCUT2D eigenvalue weighted by molar-refractivity contribution is -0.120. The number of hydrogen-bond donors (Lipinski definition) is 2. The van der Waals surface area contributed by atoms with Gasteiger partial charge < -0.3 is 15.3 Å². The van der Waals surface area contributed by atoms with Gasteiger partial charge in [0.1, 0.15) is 0 Å². The molecule has 0 aromatic heterocycles. The molecule has 0 aliphatic carbocycles. The van der Waals surface area contributed by atoms with Crippen molar-refractivity contribution in [1.29, 1.82) is 0 Å². The number of benzene rings is 1. The Bertz CT molecular complexity index is 435. The minimum Gasteiger partial charge on any atom is -0.392 e. The highest BCUT2D eigenvalue weighted by molar-refractivity contribution is 6.33. The molecule has 0 aliphatic heterocycles. The molecule has 2 N–H and O–H groups in total. The van der Waals surface area contributed by atoms with Gasteiger partial charge in [-0.1, -0.05) is 17.7 Å². The van der Waals surface area contributed by atoms with Gasteiger partial charge in [-0.25, -0.2) is 0 Å². The van der Waals surface area contributed by atoms with Gasteiger partial charge >= 0.3 is 0 Å². The predicted octanol–water partition coefficient (Wildman–Crippen LogP) is 2.18. The molecule has 0 bridgehead atoms. The van der Waals surface area contributed by atoms with Crippen molar-refractivity contribution >= 4 is 23.2 Å². The van der Waals surface area contributed by atoms with E-state index in [0.29, 0.717) is 11.6 Å². The molecule has 0 radical (unpaired) electrons. The van der Waals surface area contributed by atoms with Crippen LogP contribution in [0.25, 0.3) is 0 Å². The SMILES string of the molecule is CCN(CC(=O)NC(C)C)c1ccc(CO)cc1Cl. The summed E-state index contributed by atoms with van der Waals surface area (Å²) in [5.74, 6) is -0.0286. The topological polar surface area (TPSA) is 52.6 Å². The number of carbonyl (C=O) groups excluding carboxylic acids is 1. The summed E-state index contributed by atoms with van der Waals surface area (Å²) in [5.41, 5.74) is 1.57. The fourth-order valence-electron chi connectivity index (χ4n) is 1.81. The first-order valence-corrected chi connectivity index (χ1v) is 6.79. The van der Waals surface area contributed by atoms with Gasteiger partial charge in [-0.15, -0.1) is 0 Å². The Morgan fingerprint density at radius 2 is 2.16 bits per heavy atom. The highest BCUT2D eigenvalue weighted by atomic mass is 35.5. The molecule has 0 heterocycles. The summed E-state index contributed by atoms with van der Waals surface area (Å²) in [6, 6.07) is 5.49. The molecule has 0 atom stereocenters. The zero-order valence-electron chi connectivity index (χ0n) is 11.6. The van der Waals surface area contributed by atoms with Gasteiger partial charge in [0.25, 0.3) is 0 Å². The van der Waals surface area contributed by atoms with Gasteiger partial charge in [-0.05, 0) is 38.5 Å². The molecule has 0 aliphatic rings. The van der Waals surface area contributed by atoms with Crippen LogP contribution >= 0.6 is 11.6 Å². The minimum atomic E-state index is -0.0417. The van der Waals surface area contributed by atoms with Gasteiger partial charge in [0.2, 0.25) is 5.91 Å². The zero-order chi connectivity index (χ0) is 14.4. The number of aliphatic hydroxyl groups is 1. The van der Waals surface area contributed by atoms with Crippen molar-refractivity contribution in [2.45, 2.75) is 33.4 Å². The van der Waals surface area contributed by atoms with Crippen LogP contribution < -0.4 is 10.2 Å². The van der Waals surface area contributed by atoms with E-state index in [1.165, 1.54) is 0 Å². The minimum absolute atomic E-state index is 0.0286. The third kappa shape index (κ3) is 4.73. The Labute approximate surface area is 119 Å². The Kier molecular flexibility index (Phi) is 6.12. The summed E-state index contributed by atoms with van der Waals surface area (Å²) >= 11 is 6.19. The van der Waals surface area contributed by atoms with Crippen LogP contribution in [0.15, 0.2) is 18.2 Å². The Hall–Kier alpha value is -1.26. The first kappa shape index (κ1) is 15.8. The Balaban J connectivity index is 2.82. The summed E-state index contributed by atoms with van der Waals surface area (Å²) in [7, 11) is 0. The largest absolute Gasteiger partial charge is 0.392 e. The summed E-state index contributed by atoms with van der Waals surface area (Å²) in [5, 5.41) is 12.5. The van der Waals surface area contributed by atoms with Crippen LogP contribution in [0.5, 0.6) is 0 Å². The van der Waals surface area contributed by atoms with E-state index in [1.807, 2.05) is 37.8 Å². The number of nitrogens with zero attached hydrogens (tertiary/aromatic N) is 1. The van der Waals surface area contributed by atoms with Gasteiger partial charge in [-0.2, -0.15) is 0 Å². The van der Waals surface area contributed by atoms with E-state index in [-0.39, 0.29) is 25.1 Å². The second-order valence-corrected chi connectivity index (χ2v) is 5.09. The van der Waals surface area contributed by atoms with Gasteiger partial charge in [0, 0.05) is 12.6 Å². The highest BCUT2D eigenvalue weighted by Crippen LogP contribution is 2.26. The van der Waals surface area contributed by atoms with Crippen molar-refractivity contribution in [2.24, 2.45) is 0 Å². The van der Waals surface area contributed by atoms with Crippen LogP contribution in [0.1, 0.15) is 26.3 Å². The number of aliphatic hydroxyl groups excluding tert-OH is 1. The predicted molar refractivity (Wildman–Crippen MR) is 78.5 cm³/mol. The molecule has 0 unspecified atom stereocenters. The molecule has 0 spiro atoms. The fraction of sp³-hybridized carbons (Fsp3) is 0.500. The molecular formula is C14H21ClN2O2. The molecule has 19 heavy (non-hydrogen) atoms. The molecule has 0 saturated heterocycles. The molecule has 4 nitrogen and oxygen atoms in total. The lowest BCUT2D eigenvalue weighted by Gasteiger charge is -2.24. The summed E-state index contributed by atoms with van der Waals surface area (Å²) in [6.07, 6.45) is 0. The number of amides is 1. The van der Waals surface area contributed by atoms with E-state index in [9.17, 15) is 4.79 Å². The lowest BCUT2D eigenvalue weighted by atomic mass is 10.2. The maximum Gasteiger partial charge on any atom is 0.239 e. The Morgan fingerprint density at radius 1 is 1.47 bits per heavy atom. The molecule has 1 rings (SSSR count). The van der Waals surface area contributed by atoms with Crippen LogP contribution in [-0.4, -0.2) is 30.1 Å². The molecule has 0 fully saturated rings. The normalized spacial score (nSPS) is 10.6. The number of anilines is 1. The third-order valence-electron chi connectivity index (χ3n) is 2.70. The van der Waals surface area contributed by atoms with Crippen molar-refractivity contribution < 1.29 is 9.90 Å². The third-order valence-corrected chi connectivity index (χ3v) is 3.00. The van der Waals surface area contributed by atoms with E-state index < -0.39 is 0 Å². The zero-order valence-corrected chi connectivity index (χ0v) is 12.4. The van der Waals surface area contributed by atoms with Gasteiger partial charge in [0.15, 0.2) is 0 Å². The van der Waals surface area contributed by atoms with Gasteiger partial charge in [0.05, 0.1) is 23.9 Å². The van der Waals surface area contributed by atoms with E-state index in [0.717, 1.165) is 11.3 Å². The highest BCUT2D eigenvalue weighted by Gasteiger charge is 2.13. The van der Waals surface area contributed by atoms with E-state index >= 15 is 0 Å². The van der Waals surface area contributed by atoms with E-state index in [2.05, 4.69) is 5.32 Å². The summed E-state index contributed by atoms with van der Waals surface area (Å²) in [4.78, 5) is 13.7.